The second kappa shape index (κ2) is 6.52. The van der Waals surface area contributed by atoms with E-state index >= 15 is 0 Å². The molecule has 0 fully saturated rings. The summed E-state index contributed by atoms with van der Waals surface area (Å²) >= 11 is 3.37. The Kier molecular flexibility index (Phi) is 4.74. The van der Waals surface area contributed by atoms with Crippen LogP contribution in [0.15, 0.2) is 42.5 Å². The van der Waals surface area contributed by atoms with E-state index in [4.69, 9.17) is 4.74 Å². The Balaban J connectivity index is 2.29. The Morgan fingerprint density at radius 3 is 2.35 bits per heavy atom. The third kappa shape index (κ3) is 3.36. The molecule has 0 aliphatic carbocycles. The Hall–Kier alpha value is -1.88. The lowest BCUT2D eigenvalue weighted by molar-refractivity contribution is -0.385. The van der Waals surface area contributed by atoms with Crippen LogP contribution in [-0.4, -0.2) is 4.92 Å². The summed E-state index contributed by atoms with van der Waals surface area (Å²) in [5.41, 5.74) is 2.03. The summed E-state index contributed by atoms with van der Waals surface area (Å²) in [6.07, 6.45) is 0.751. The van der Waals surface area contributed by atoms with Gasteiger partial charge in [0.2, 0.25) is 5.75 Å². The number of nitro groups is 1. The zero-order valence-corrected chi connectivity index (χ0v) is 12.6. The largest absolute Gasteiger partial charge is 0.450 e. The van der Waals surface area contributed by atoms with Crippen LogP contribution in [0.2, 0.25) is 0 Å². The fourth-order valence-electron chi connectivity index (χ4n) is 1.79. The number of ether oxygens (including phenoxy) is 1. The van der Waals surface area contributed by atoms with Crippen molar-refractivity contribution in [1.82, 2.24) is 0 Å². The molecule has 0 aliphatic rings. The van der Waals surface area contributed by atoms with Crippen molar-refractivity contribution in [3.63, 3.8) is 0 Å². The SMILES string of the molecule is CCc1ccc(Oc2ccc(CBr)cc2)c([N+](=O)[O-])c1. The standard InChI is InChI=1S/C15H14BrNO3/c1-2-11-5-8-15(14(9-11)17(18)19)20-13-6-3-12(10-16)4-7-13/h3-9H,2,10H2,1H3. The van der Waals surface area contributed by atoms with Crippen molar-refractivity contribution in [3.8, 4) is 11.5 Å². The molecule has 0 radical (unpaired) electrons. The summed E-state index contributed by atoms with van der Waals surface area (Å²) in [5.74, 6) is 0.848. The number of hydrogen-bond acceptors (Lipinski definition) is 3. The number of alkyl halides is 1. The fraction of sp³-hybridized carbons (Fsp3) is 0.200. The average Bonchev–Trinajstić information content (AvgIpc) is 2.48. The first kappa shape index (κ1) is 14.5. The van der Waals surface area contributed by atoms with E-state index < -0.39 is 4.92 Å². The normalized spacial score (nSPS) is 10.3. The molecule has 4 nitrogen and oxygen atoms in total. The molecule has 2 rings (SSSR count). The van der Waals surface area contributed by atoms with E-state index in [1.54, 1.807) is 24.3 Å². The van der Waals surface area contributed by atoms with Crippen LogP contribution < -0.4 is 4.74 Å². The fourth-order valence-corrected chi connectivity index (χ4v) is 2.16. The molecule has 0 aliphatic heterocycles. The number of rotatable bonds is 5. The number of hydrogen-bond donors (Lipinski definition) is 0. The van der Waals surface area contributed by atoms with Gasteiger partial charge in [-0.25, -0.2) is 0 Å². The summed E-state index contributed by atoms with van der Waals surface area (Å²) in [7, 11) is 0. The van der Waals surface area contributed by atoms with Crippen LogP contribution in [0.25, 0.3) is 0 Å². The summed E-state index contributed by atoms with van der Waals surface area (Å²) in [6, 6.07) is 12.5. The molecule has 0 spiro atoms. The monoisotopic (exact) mass is 335 g/mol. The molecule has 0 N–H and O–H groups in total. The first-order valence-electron chi connectivity index (χ1n) is 6.24. The lowest BCUT2D eigenvalue weighted by atomic mass is 10.1. The number of aryl methyl sites for hydroxylation is 1. The topological polar surface area (TPSA) is 52.4 Å². The van der Waals surface area contributed by atoms with Gasteiger partial charge < -0.3 is 4.74 Å². The Labute approximate surface area is 125 Å². The third-order valence-corrected chi connectivity index (χ3v) is 3.58. The molecular formula is C15H14BrNO3. The van der Waals surface area contributed by atoms with Crippen molar-refractivity contribution in [2.45, 2.75) is 18.7 Å². The van der Waals surface area contributed by atoms with E-state index in [9.17, 15) is 10.1 Å². The van der Waals surface area contributed by atoms with E-state index in [1.165, 1.54) is 0 Å². The average molecular weight is 336 g/mol. The molecular weight excluding hydrogens is 322 g/mol. The van der Waals surface area contributed by atoms with Crippen LogP contribution in [-0.2, 0) is 11.8 Å². The first-order chi connectivity index (χ1) is 9.63. The van der Waals surface area contributed by atoms with Gasteiger partial charge in [-0.2, -0.15) is 0 Å². The third-order valence-electron chi connectivity index (χ3n) is 2.93. The second-order valence-electron chi connectivity index (χ2n) is 4.29. The number of nitro benzene ring substituents is 1. The molecule has 5 heteroatoms. The second-order valence-corrected chi connectivity index (χ2v) is 4.85. The minimum absolute atomic E-state index is 0.00563. The number of nitrogens with zero attached hydrogens (tertiary/aromatic N) is 1. The zero-order chi connectivity index (χ0) is 14.5. The molecule has 0 bridgehead atoms. The summed E-state index contributed by atoms with van der Waals surface area (Å²) in [6.45, 7) is 1.96. The van der Waals surface area contributed by atoms with Gasteiger partial charge in [0.25, 0.3) is 0 Å². The Morgan fingerprint density at radius 2 is 1.80 bits per heavy atom. The maximum Gasteiger partial charge on any atom is 0.311 e. The molecule has 104 valence electrons. The summed E-state index contributed by atoms with van der Waals surface area (Å²) < 4.78 is 5.61. The highest BCUT2D eigenvalue weighted by Gasteiger charge is 2.16. The lowest BCUT2D eigenvalue weighted by Crippen LogP contribution is -1.95. The Bertz CT molecular complexity index is 611. The smallest absolute Gasteiger partial charge is 0.311 e. The Morgan fingerprint density at radius 1 is 1.15 bits per heavy atom. The van der Waals surface area contributed by atoms with Crippen LogP contribution in [0, 0.1) is 10.1 Å². The van der Waals surface area contributed by atoms with Gasteiger partial charge in [-0.1, -0.05) is 41.1 Å². The van der Waals surface area contributed by atoms with Crippen molar-refractivity contribution in [2.75, 3.05) is 0 Å². The van der Waals surface area contributed by atoms with Crippen LogP contribution in [0.3, 0.4) is 0 Å². The van der Waals surface area contributed by atoms with Crippen LogP contribution in [0.1, 0.15) is 18.1 Å². The highest BCUT2D eigenvalue weighted by Crippen LogP contribution is 2.32. The van der Waals surface area contributed by atoms with Crippen molar-refractivity contribution in [3.05, 3.63) is 63.7 Å². The van der Waals surface area contributed by atoms with E-state index in [1.807, 2.05) is 25.1 Å². The van der Waals surface area contributed by atoms with Crippen LogP contribution in [0.5, 0.6) is 11.5 Å². The lowest BCUT2D eigenvalue weighted by Gasteiger charge is -2.08. The van der Waals surface area contributed by atoms with Gasteiger partial charge in [-0.3, -0.25) is 10.1 Å². The number of benzene rings is 2. The van der Waals surface area contributed by atoms with Gasteiger partial charge in [-0.05, 0) is 35.7 Å². The van der Waals surface area contributed by atoms with E-state index in [0.717, 1.165) is 22.9 Å². The molecule has 0 amide bonds. The van der Waals surface area contributed by atoms with Gasteiger partial charge in [0, 0.05) is 11.4 Å². The van der Waals surface area contributed by atoms with Crippen molar-refractivity contribution < 1.29 is 9.66 Å². The maximum atomic E-state index is 11.1. The van der Waals surface area contributed by atoms with E-state index in [0.29, 0.717) is 5.75 Å². The number of halogens is 1. The van der Waals surface area contributed by atoms with Gasteiger partial charge in [0.1, 0.15) is 5.75 Å². The summed E-state index contributed by atoms with van der Waals surface area (Å²) in [4.78, 5) is 10.7. The molecule has 20 heavy (non-hydrogen) atoms. The first-order valence-corrected chi connectivity index (χ1v) is 7.36. The van der Waals surface area contributed by atoms with Gasteiger partial charge >= 0.3 is 5.69 Å². The van der Waals surface area contributed by atoms with E-state index in [2.05, 4.69) is 15.9 Å². The van der Waals surface area contributed by atoms with Crippen molar-refractivity contribution in [1.29, 1.82) is 0 Å². The van der Waals surface area contributed by atoms with Gasteiger partial charge in [-0.15, -0.1) is 0 Å². The highest BCUT2D eigenvalue weighted by molar-refractivity contribution is 9.08. The van der Waals surface area contributed by atoms with Crippen molar-refractivity contribution >= 4 is 21.6 Å². The maximum absolute atomic E-state index is 11.1. The van der Waals surface area contributed by atoms with E-state index in [-0.39, 0.29) is 11.4 Å². The minimum atomic E-state index is -0.415. The van der Waals surface area contributed by atoms with Gasteiger partial charge in [0.05, 0.1) is 4.92 Å². The molecule has 2 aromatic carbocycles. The molecule has 0 saturated carbocycles. The molecule has 0 aromatic heterocycles. The molecule has 0 saturated heterocycles. The summed E-state index contributed by atoms with van der Waals surface area (Å²) in [5, 5.41) is 11.9. The predicted octanol–water partition coefficient (Wildman–Crippen LogP) is 4.84. The highest BCUT2D eigenvalue weighted by atomic mass is 79.9. The van der Waals surface area contributed by atoms with Gasteiger partial charge in [0.15, 0.2) is 0 Å². The molecule has 0 heterocycles. The molecule has 2 aromatic rings. The predicted molar refractivity (Wildman–Crippen MR) is 81.6 cm³/mol. The van der Waals surface area contributed by atoms with Crippen LogP contribution in [0.4, 0.5) is 5.69 Å². The molecule has 0 atom stereocenters. The minimum Gasteiger partial charge on any atom is -0.450 e. The quantitative estimate of drug-likeness (QED) is 0.446. The van der Waals surface area contributed by atoms with Crippen LogP contribution >= 0.6 is 15.9 Å². The zero-order valence-electron chi connectivity index (χ0n) is 11.0. The van der Waals surface area contributed by atoms with Crippen molar-refractivity contribution in [2.24, 2.45) is 0 Å². The molecule has 0 unspecified atom stereocenters.